The van der Waals surface area contributed by atoms with E-state index in [1.165, 1.54) is 20.3 Å². The van der Waals surface area contributed by atoms with E-state index in [4.69, 9.17) is 18.9 Å². The Labute approximate surface area is 163 Å². The molecule has 2 rings (SSSR count). The fourth-order valence-electron chi connectivity index (χ4n) is 2.20. The average Bonchev–Trinajstić information content (AvgIpc) is 2.73. The first-order valence-corrected chi connectivity index (χ1v) is 8.43. The first-order valence-electron chi connectivity index (χ1n) is 8.43. The maximum absolute atomic E-state index is 12.3. The molecule has 2 aromatic carbocycles. The van der Waals surface area contributed by atoms with Crippen LogP contribution in [0, 0.1) is 0 Å². The van der Waals surface area contributed by atoms with Crippen molar-refractivity contribution in [3.63, 3.8) is 0 Å². The van der Waals surface area contributed by atoms with E-state index in [2.05, 4.69) is 4.74 Å². The van der Waals surface area contributed by atoms with E-state index in [-0.39, 0.29) is 5.75 Å². The van der Waals surface area contributed by atoms with Gasteiger partial charge >= 0.3 is 11.9 Å². The standard InChI is InChI=1S/C21H22O7/c1-14(27-17-9-7-16(24-2)8-10-17)21(23)28-18-11-5-15(13-19(18)25-3)6-12-20(22)26-4/h5-14H,1-4H3/b12-6+. The first-order chi connectivity index (χ1) is 13.5. The number of hydrogen-bond donors (Lipinski definition) is 0. The van der Waals surface area contributed by atoms with Crippen molar-refractivity contribution in [3.8, 4) is 23.0 Å². The van der Waals surface area contributed by atoms with E-state index in [9.17, 15) is 9.59 Å². The summed E-state index contributed by atoms with van der Waals surface area (Å²) in [6, 6.07) is 11.8. The number of esters is 2. The van der Waals surface area contributed by atoms with E-state index in [1.54, 1.807) is 62.6 Å². The normalized spacial score (nSPS) is 11.6. The summed E-state index contributed by atoms with van der Waals surface area (Å²) in [7, 11) is 4.32. The molecule has 0 aromatic heterocycles. The average molecular weight is 386 g/mol. The number of benzene rings is 2. The minimum absolute atomic E-state index is 0.243. The molecule has 28 heavy (non-hydrogen) atoms. The van der Waals surface area contributed by atoms with Crippen LogP contribution in [-0.2, 0) is 14.3 Å². The number of ether oxygens (including phenoxy) is 5. The quantitative estimate of drug-likeness (QED) is 0.391. The fourth-order valence-corrected chi connectivity index (χ4v) is 2.20. The van der Waals surface area contributed by atoms with Gasteiger partial charge in [0.1, 0.15) is 11.5 Å². The predicted octanol–water partition coefficient (Wildman–Crippen LogP) is 3.26. The van der Waals surface area contributed by atoms with Gasteiger partial charge in [-0.25, -0.2) is 9.59 Å². The van der Waals surface area contributed by atoms with E-state index < -0.39 is 18.0 Å². The SMILES string of the molecule is COC(=O)/C=C/c1ccc(OC(=O)C(C)Oc2ccc(OC)cc2)c(OC)c1. The van der Waals surface area contributed by atoms with Crippen molar-refractivity contribution in [3.05, 3.63) is 54.1 Å². The van der Waals surface area contributed by atoms with Crippen LogP contribution in [0.15, 0.2) is 48.5 Å². The lowest BCUT2D eigenvalue weighted by Gasteiger charge is -2.15. The lowest BCUT2D eigenvalue weighted by atomic mass is 10.2. The highest BCUT2D eigenvalue weighted by atomic mass is 16.6. The third-order valence-corrected chi connectivity index (χ3v) is 3.72. The molecular formula is C21H22O7. The summed E-state index contributed by atoms with van der Waals surface area (Å²) in [4.78, 5) is 23.5. The van der Waals surface area contributed by atoms with Gasteiger partial charge in [0.2, 0.25) is 0 Å². The molecule has 7 heteroatoms. The van der Waals surface area contributed by atoms with Crippen LogP contribution in [0.25, 0.3) is 6.08 Å². The van der Waals surface area contributed by atoms with Gasteiger partial charge in [-0.2, -0.15) is 0 Å². The molecule has 0 N–H and O–H groups in total. The second-order valence-corrected chi connectivity index (χ2v) is 5.62. The number of methoxy groups -OCH3 is 3. The lowest BCUT2D eigenvalue weighted by Crippen LogP contribution is -2.28. The predicted molar refractivity (Wildman–Crippen MR) is 103 cm³/mol. The monoisotopic (exact) mass is 386 g/mol. The molecule has 0 aliphatic rings. The Morgan fingerprint density at radius 3 is 2.18 bits per heavy atom. The summed E-state index contributed by atoms with van der Waals surface area (Å²) in [5.74, 6) is 0.741. The number of rotatable bonds is 8. The van der Waals surface area contributed by atoms with E-state index in [1.807, 2.05) is 0 Å². The topological polar surface area (TPSA) is 80.3 Å². The third-order valence-electron chi connectivity index (χ3n) is 3.72. The van der Waals surface area contributed by atoms with E-state index >= 15 is 0 Å². The van der Waals surface area contributed by atoms with Gasteiger partial charge < -0.3 is 23.7 Å². The van der Waals surface area contributed by atoms with Gasteiger partial charge in [-0.3, -0.25) is 0 Å². The van der Waals surface area contributed by atoms with E-state index in [0.717, 1.165) is 0 Å². The summed E-state index contributed by atoms with van der Waals surface area (Å²) >= 11 is 0. The van der Waals surface area contributed by atoms with Gasteiger partial charge in [-0.15, -0.1) is 0 Å². The summed E-state index contributed by atoms with van der Waals surface area (Å²) in [5, 5.41) is 0. The van der Waals surface area contributed by atoms with E-state index in [0.29, 0.717) is 22.8 Å². The van der Waals surface area contributed by atoms with Crippen LogP contribution >= 0.6 is 0 Å². The maximum atomic E-state index is 12.3. The highest BCUT2D eigenvalue weighted by Crippen LogP contribution is 2.29. The molecule has 2 aromatic rings. The van der Waals surface area contributed by atoms with Crippen LogP contribution < -0.4 is 18.9 Å². The zero-order chi connectivity index (χ0) is 20.5. The summed E-state index contributed by atoms with van der Waals surface area (Å²) < 4.78 is 25.9. The van der Waals surface area contributed by atoms with Crippen LogP contribution in [0.3, 0.4) is 0 Å². The Morgan fingerprint density at radius 2 is 1.57 bits per heavy atom. The molecule has 0 radical (unpaired) electrons. The fraction of sp³-hybridized carbons (Fsp3) is 0.238. The Hall–Kier alpha value is -3.48. The molecule has 0 fully saturated rings. The van der Waals surface area contributed by atoms with Gasteiger partial charge in [0, 0.05) is 6.08 Å². The van der Waals surface area contributed by atoms with Crippen molar-refractivity contribution in [2.45, 2.75) is 13.0 Å². The van der Waals surface area contributed by atoms with Crippen LogP contribution in [-0.4, -0.2) is 39.4 Å². The molecule has 0 heterocycles. The highest BCUT2D eigenvalue weighted by Gasteiger charge is 2.19. The number of carbonyl (C=O) groups is 2. The van der Waals surface area contributed by atoms with Crippen LogP contribution in [0.4, 0.5) is 0 Å². The molecule has 0 saturated heterocycles. The second-order valence-electron chi connectivity index (χ2n) is 5.62. The molecule has 7 nitrogen and oxygen atoms in total. The van der Waals surface area contributed by atoms with Crippen molar-refractivity contribution in [2.75, 3.05) is 21.3 Å². The maximum Gasteiger partial charge on any atom is 0.352 e. The lowest BCUT2D eigenvalue weighted by molar-refractivity contribution is -0.141. The Kier molecular flexibility index (Phi) is 7.45. The van der Waals surface area contributed by atoms with Crippen molar-refractivity contribution < 1.29 is 33.3 Å². The molecule has 0 bridgehead atoms. The summed E-state index contributed by atoms with van der Waals surface area (Å²) in [6.45, 7) is 1.59. The Morgan fingerprint density at radius 1 is 0.893 bits per heavy atom. The van der Waals surface area contributed by atoms with Crippen molar-refractivity contribution >= 4 is 18.0 Å². The van der Waals surface area contributed by atoms with Crippen molar-refractivity contribution in [1.82, 2.24) is 0 Å². The highest BCUT2D eigenvalue weighted by molar-refractivity contribution is 5.87. The first kappa shape index (κ1) is 20.8. The van der Waals surface area contributed by atoms with Gasteiger partial charge in [-0.05, 0) is 55.0 Å². The van der Waals surface area contributed by atoms with Crippen LogP contribution in [0.1, 0.15) is 12.5 Å². The van der Waals surface area contributed by atoms with Gasteiger partial charge in [-0.1, -0.05) is 6.07 Å². The molecule has 0 aliphatic carbocycles. The Balaban J connectivity index is 2.05. The van der Waals surface area contributed by atoms with Crippen LogP contribution in [0.2, 0.25) is 0 Å². The minimum atomic E-state index is -0.836. The molecule has 0 amide bonds. The zero-order valence-corrected chi connectivity index (χ0v) is 16.1. The molecule has 148 valence electrons. The van der Waals surface area contributed by atoms with Crippen LogP contribution in [0.5, 0.6) is 23.0 Å². The largest absolute Gasteiger partial charge is 0.497 e. The van der Waals surface area contributed by atoms with Crippen molar-refractivity contribution in [1.29, 1.82) is 0 Å². The number of carbonyl (C=O) groups excluding carboxylic acids is 2. The zero-order valence-electron chi connectivity index (χ0n) is 16.1. The Bertz CT molecular complexity index is 840. The molecular weight excluding hydrogens is 364 g/mol. The summed E-state index contributed by atoms with van der Waals surface area (Å²) in [6.07, 6.45) is 2.01. The minimum Gasteiger partial charge on any atom is -0.497 e. The molecule has 0 saturated carbocycles. The molecule has 0 spiro atoms. The molecule has 1 unspecified atom stereocenters. The van der Waals surface area contributed by atoms with Gasteiger partial charge in [0.05, 0.1) is 21.3 Å². The summed E-state index contributed by atoms with van der Waals surface area (Å²) in [5.41, 5.74) is 0.685. The second kappa shape index (κ2) is 10.0. The van der Waals surface area contributed by atoms with Gasteiger partial charge in [0.25, 0.3) is 0 Å². The molecule has 1 atom stereocenters. The van der Waals surface area contributed by atoms with Gasteiger partial charge in [0.15, 0.2) is 17.6 Å². The third kappa shape index (κ3) is 5.77. The number of hydrogen-bond acceptors (Lipinski definition) is 7. The molecule has 0 aliphatic heterocycles. The smallest absolute Gasteiger partial charge is 0.352 e. The van der Waals surface area contributed by atoms with Crippen molar-refractivity contribution in [2.24, 2.45) is 0 Å².